The fourth-order valence-corrected chi connectivity index (χ4v) is 11.2. The maximum absolute atomic E-state index is 14.1. The minimum Gasteiger partial charge on any atom is -0.481 e. The van der Waals surface area contributed by atoms with Gasteiger partial charge in [0.15, 0.2) is 5.96 Å². The van der Waals surface area contributed by atoms with Crippen molar-refractivity contribution in [1.29, 1.82) is 0 Å². The SMILES string of the molecule is NC(N)=NCCC[C@H]1NC(=O)CNC(=O)[C@H](CC(=O)O)NC(=O)[C@H](Cc2ccccc2)NC(=O)[C@@H](CCCCNC(=O)CCP(=O)(O)CN2CCN(CP(=O)(O)CO)CCN(CP(=O)(O)CO)CC2)NC1=O.[64Cu+2]. The van der Waals surface area contributed by atoms with Crippen LogP contribution in [0.15, 0.2) is 35.3 Å². The first-order valence-corrected chi connectivity index (χ1v) is 29.4. The number of aliphatic hydroxyl groups excluding tert-OH is 2. The van der Waals surface area contributed by atoms with Gasteiger partial charge in [0.05, 0.1) is 31.8 Å². The number of guanidine groups is 1. The van der Waals surface area contributed by atoms with E-state index in [4.69, 9.17) is 11.5 Å². The van der Waals surface area contributed by atoms with Gasteiger partial charge in [-0.05, 0) is 37.7 Å². The molecule has 73 heavy (non-hydrogen) atoms. The van der Waals surface area contributed by atoms with Crippen LogP contribution in [0.25, 0.3) is 0 Å². The fraction of sp³-hybridized carbons (Fsp3) is 0.659. The van der Waals surface area contributed by atoms with Gasteiger partial charge in [0.1, 0.15) is 36.9 Å². The van der Waals surface area contributed by atoms with Gasteiger partial charge in [-0.25, -0.2) is 0 Å². The van der Waals surface area contributed by atoms with Crippen molar-refractivity contribution in [2.45, 2.75) is 75.5 Å². The molecule has 0 bridgehead atoms. The Morgan fingerprint density at radius 1 is 0.671 bits per heavy atom. The third-order valence-electron chi connectivity index (χ3n) is 11.4. The predicted octanol–water partition coefficient (Wildman–Crippen LogP) is -4.00. The Morgan fingerprint density at radius 2 is 1.15 bits per heavy atom. The molecular weight excluding hydrogens is 1070 g/mol. The maximum Gasteiger partial charge on any atom is 2.00 e. The molecule has 2 heterocycles. The molecule has 3 unspecified atom stereocenters. The van der Waals surface area contributed by atoms with Gasteiger partial charge in [0.25, 0.3) is 0 Å². The number of hydrogen-bond donors (Lipinski definition) is 14. The second-order valence-electron chi connectivity index (χ2n) is 17.7. The number of carbonyl (C=O) groups excluding carboxylic acids is 6. The number of hydrogen-bond acceptors (Lipinski definition) is 16. The van der Waals surface area contributed by atoms with Crippen LogP contribution in [-0.4, -0.2) is 213 Å². The Balaban J connectivity index is 0.0000183. The molecular formula is C41H71CuN12O16P3+2. The van der Waals surface area contributed by atoms with Crippen LogP contribution in [-0.2, 0) is 70.7 Å². The zero-order chi connectivity index (χ0) is 53.5. The minimum absolute atomic E-state index is 0. The summed E-state index contributed by atoms with van der Waals surface area (Å²) >= 11 is 0. The van der Waals surface area contributed by atoms with Crippen molar-refractivity contribution < 1.29 is 94.3 Å². The quantitative estimate of drug-likeness (QED) is 0.0154. The summed E-state index contributed by atoms with van der Waals surface area (Å²) < 4.78 is 38.1. The van der Waals surface area contributed by atoms with Gasteiger partial charge in [-0.3, -0.25) is 66.9 Å². The first kappa shape index (κ1) is 64.8. The van der Waals surface area contributed by atoms with Crippen molar-refractivity contribution in [3.8, 4) is 0 Å². The molecule has 415 valence electrons. The average Bonchev–Trinajstić information content (AvgIpc) is 3.39. The summed E-state index contributed by atoms with van der Waals surface area (Å²) in [6.45, 7) is 0.330. The molecule has 28 nitrogen and oxygen atoms in total. The van der Waals surface area contributed by atoms with Gasteiger partial charge in [-0.2, -0.15) is 0 Å². The number of aliphatic imine (C=N–C) groups is 1. The molecule has 0 saturated carbocycles. The zero-order valence-electron chi connectivity index (χ0n) is 40.3. The number of carboxylic acids is 1. The van der Waals surface area contributed by atoms with Crippen LogP contribution in [0, 0.1) is 0 Å². The van der Waals surface area contributed by atoms with E-state index in [1.807, 2.05) is 0 Å². The normalized spacial score (nSPS) is 22.9. The number of nitrogens with one attached hydrogen (secondary N) is 6. The van der Waals surface area contributed by atoms with Gasteiger partial charge in [0, 0.05) is 71.4 Å². The Morgan fingerprint density at radius 3 is 1.67 bits per heavy atom. The molecule has 32 heteroatoms. The number of aliphatic carboxylic acids is 1. The van der Waals surface area contributed by atoms with Gasteiger partial charge in [0.2, 0.25) is 57.5 Å². The number of benzene rings is 1. The van der Waals surface area contributed by atoms with Crippen molar-refractivity contribution >= 4 is 69.5 Å². The largest absolute Gasteiger partial charge is 2.00 e. The molecule has 1 aromatic carbocycles. The molecule has 7 atom stereocenters. The average molecular weight is 1140 g/mol. The van der Waals surface area contributed by atoms with E-state index in [0.717, 1.165) is 0 Å². The van der Waals surface area contributed by atoms with Crippen LogP contribution >= 0.6 is 22.1 Å². The van der Waals surface area contributed by atoms with Crippen molar-refractivity contribution in [1.82, 2.24) is 46.6 Å². The number of nitrogens with two attached hydrogens (primary N) is 2. The number of aliphatic hydroxyl groups is 2. The van der Waals surface area contributed by atoms with Crippen molar-refractivity contribution in [3.05, 3.63) is 35.9 Å². The molecule has 0 spiro atoms. The number of nitrogens with zero attached hydrogens (tertiary/aromatic N) is 4. The summed E-state index contributed by atoms with van der Waals surface area (Å²) in [6.07, 6.45) is -4.35. The Hall–Kier alpha value is -4.33. The fourth-order valence-electron chi connectivity index (χ4n) is 7.61. The standard InChI is InChI=1S/C41H71N12O16P3.Cu/c42-41(43)45-13-6-10-30-38(61)48-31(39(62)49-32(21-29-7-2-1-3-8-29)40(63)50-33(22-36(58)59)37(60)46-23-35(57)47-30)9-4-5-12-44-34(56)11-20-70(64,65)24-51-14-16-52(25-71(66,67)27-54)18-19-53(17-15-51)26-72(68,69)28-55;/h1-3,7-8,30-33,54-55H,4-6,9-28H2,(H,44,56)(H,46,60)(H,47,57)(H,48,61)(H,49,62)(H,50,63)(H,58,59)(H,64,65)(H,66,67)(H,68,69)(H4,42,43,45);/q;+2/t30-,31-,32+,33+;/m1./s1/i;1+0. The van der Waals surface area contributed by atoms with Crippen LogP contribution in [0.5, 0.6) is 0 Å². The van der Waals surface area contributed by atoms with Crippen LogP contribution < -0.4 is 43.4 Å². The Labute approximate surface area is 433 Å². The van der Waals surface area contributed by atoms with E-state index in [-0.39, 0.29) is 127 Å². The molecule has 2 aliphatic rings. The summed E-state index contributed by atoms with van der Waals surface area (Å²) in [6, 6.07) is 2.78. The Bertz CT molecular complexity index is 2140. The molecule has 2 aliphatic heterocycles. The molecule has 0 aliphatic carbocycles. The summed E-state index contributed by atoms with van der Waals surface area (Å²) in [7, 11) is -11.9. The van der Waals surface area contributed by atoms with Crippen molar-refractivity contribution in [2.24, 2.45) is 16.5 Å². The first-order chi connectivity index (χ1) is 33.9. The predicted molar refractivity (Wildman–Crippen MR) is 262 cm³/mol. The van der Waals surface area contributed by atoms with Gasteiger partial charge < -0.3 is 73.4 Å². The van der Waals surface area contributed by atoms with Crippen LogP contribution in [0.2, 0.25) is 0 Å². The summed E-state index contributed by atoms with van der Waals surface area (Å²) in [4.78, 5) is 132. The van der Waals surface area contributed by atoms with E-state index in [1.165, 1.54) is 0 Å². The van der Waals surface area contributed by atoms with Crippen LogP contribution in [0.4, 0.5) is 0 Å². The van der Waals surface area contributed by atoms with Gasteiger partial charge in [-0.15, -0.1) is 0 Å². The number of rotatable bonds is 24. The third-order valence-corrected chi connectivity index (χ3v) is 15.7. The number of carbonyl (C=O) groups is 7. The molecule has 1 aromatic rings. The topological polar surface area (TPSA) is 438 Å². The Kier molecular flexibility index (Phi) is 28.6. The van der Waals surface area contributed by atoms with E-state index in [0.29, 0.717) is 5.56 Å². The first-order valence-electron chi connectivity index (χ1n) is 23.3. The zero-order valence-corrected chi connectivity index (χ0v) is 43.9. The summed E-state index contributed by atoms with van der Waals surface area (Å²) in [5, 5.41) is 43.3. The monoisotopic (exact) mass is 1140 g/mol. The van der Waals surface area contributed by atoms with Crippen molar-refractivity contribution in [2.75, 3.05) is 96.6 Å². The molecule has 2 fully saturated rings. The molecule has 16 N–H and O–H groups in total. The van der Waals surface area contributed by atoms with Gasteiger partial charge in [-0.1, -0.05) is 30.3 Å². The number of amides is 6. The van der Waals surface area contributed by atoms with E-state index < -0.39 is 132 Å². The minimum atomic E-state index is -4.03. The van der Waals surface area contributed by atoms with Crippen LogP contribution in [0.1, 0.15) is 50.5 Å². The summed E-state index contributed by atoms with van der Waals surface area (Å²) in [5.74, 6) is -6.66. The maximum atomic E-state index is 14.1. The van der Waals surface area contributed by atoms with E-state index in [1.54, 1.807) is 45.0 Å². The van der Waals surface area contributed by atoms with Crippen LogP contribution in [0.3, 0.4) is 0 Å². The second-order valence-corrected chi connectivity index (χ2v) is 24.6. The number of carboxylic acid groups (broad SMARTS) is 1. The van der Waals surface area contributed by atoms with E-state index >= 15 is 0 Å². The van der Waals surface area contributed by atoms with E-state index in [2.05, 4.69) is 36.9 Å². The van der Waals surface area contributed by atoms with Crippen molar-refractivity contribution in [3.63, 3.8) is 0 Å². The summed E-state index contributed by atoms with van der Waals surface area (Å²) in [5.41, 5.74) is 11.4. The molecule has 3 rings (SSSR count). The molecule has 6 amide bonds. The molecule has 1 radical (unpaired) electrons. The third kappa shape index (κ3) is 26.1. The van der Waals surface area contributed by atoms with E-state index in [9.17, 15) is 77.3 Å². The second kappa shape index (κ2) is 32.2. The van der Waals surface area contributed by atoms with Gasteiger partial charge >= 0.3 is 23.0 Å². The number of unbranched alkanes of at least 4 members (excludes halogenated alkanes) is 1. The molecule has 0 aromatic heterocycles. The smallest absolute Gasteiger partial charge is 0.481 e. The molecule has 2 saturated heterocycles.